The Morgan fingerprint density at radius 1 is 1.19 bits per heavy atom. The summed E-state index contributed by atoms with van der Waals surface area (Å²) in [5.41, 5.74) is 2.10. The molecule has 6 N–H and O–H groups in total. The number of nitrogens with one attached hydrogen (secondary N) is 1. The van der Waals surface area contributed by atoms with Gasteiger partial charge in [0.05, 0.1) is 23.3 Å². The number of hydrogen-bond acceptors (Lipinski definition) is 10. The van der Waals surface area contributed by atoms with Crippen LogP contribution in [0.25, 0.3) is 0 Å². The molecule has 4 rings (SSSR count). The molecule has 0 bridgehead atoms. The molecule has 0 aliphatic heterocycles. The number of nitriles is 1. The number of aliphatic hydroxyl groups is 2. The summed E-state index contributed by atoms with van der Waals surface area (Å²) in [5, 5.41) is 43.4. The molecular weight excluding hydrogens is 410 g/mol. The Kier molecular flexibility index (Phi) is 4.46. The Balaban J connectivity index is 1.84. The number of carbonyl (C=O) groups is 5. The lowest BCUT2D eigenvalue weighted by molar-refractivity contribution is -0.188. The molecule has 0 spiro atoms. The minimum absolute atomic E-state index is 0.0623. The van der Waals surface area contributed by atoms with Crippen LogP contribution < -0.4 is 11.1 Å². The number of primary amides is 1. The van der Waals surface area contributed by atoms with Gasteiger partial charge >= 0.3 is 0 Å². The van der Waals surface area contributed by atoms with Crippen LogP contribution in [0.4, 0.5) is 5.69 Å². The minimum atomic E-state index is -2.94. The van der Waals surface area contributed by atoms with E-state index in [1.54, 1.807) is 6.19 Å². The highest BCUT2D eigenvalue weighted by Crippen LogP contribution is 2.50. The Labute approximate surface area is 174 Å². The van der Waals surface area contributed by atoms with Crippen molar-refractivity contribution in [2.24, 2.45) is 29.4 Å². The Morgan fingerprint density at radius 2 is 1.87 bits per heavy atom. The molecule has 160 valence electrons. The van der Waals surface area contributed by atoms with Gasteiger partial charge in [0.2, 0.25) is 5.91 Å². The van der Waals surface area contributed by atoms with Crippen molar-refractivity contribution in [3.05, 3.63) is 23.3 Å². The first-order valence-electron chi connectivity index (χ1n) is 9.40. The first-order chi connectivity index (χ1) is 14.5. The van der Waals surface area contributed by atoms with Gasteiger partial charge in [0, 0.05) is 18.3 Å². The van der Waals surface area contributed by atoms with Crippen molar-refractivity contribution < 1.29 is 39.3 Å². The number of rotatable bonds is 2. The first kappa shape index (κ1) is 20.6. The highest BCUT2D eigenvalue weighted by atomic mass is 16.3. The van der Waals surface area contributed by atoms with Crippen LogP contribution in [0.5, 0.6) is 5.75 Å². The monoisotopic (exact) mass is 427 g/mol. The Morgan fingerprint density at radius 3 is 2.48 bits per heavy atom. The van der Waals surface area contributed by atoms with Crippen molar-refractivity contribution in [1.82, 2.24) is 0 Å². The molecule has 3 aliphatic rings. The summed E-state index contributed by atoms with van der Waals surface area (Å²) in [7, 11) is 0. The average Bonchev–Trinajstić information content (AvgIpc) is 2.70. The maximum Gasteiger partial charge on any atom is 0.235 e. The van der Waals surface area contributed by atoms with Crippen LogP contribution >= 0.6 is 0 Å². The first-order valence-corrected chi connectivity index (χ1v) is 9.40. The van der Waals surface area contributed by atoms with Crippen molar-refractivity contribution in [2.75, 3.05) is 5.32 Å². The van der Waals surface area contributed by atoms with Crippen LogP contribution in [0, 0.1) is 35.1 Å². The predicted molar refractivity (Wildman–Crippen MR) is 99.1 cm³/mol. The number of carbonyl (C=O) groups excluding carboxylic acids is 5. The number of nitrogens with zero attached hydrogens (tertiary/aromatic N) is 1. The highest BCUT2D eigenvalue weighted by molar-refractivity contribution is 6.31. The summed E-state index contributed by atoms with van der Waals surface area (Å²) in [4.78, 5) is 63.2. The van der Waals surface area contributed by atoms with E-state index in [4.69, 9.17) is 11.0 Å². The number of benzene rings is 1. The molecule has 11 heteroatoms. The van der Waals surface area contributed by atoms with Gasteiger partial charge in [0.15, 0.2) is 46.6 Å². The summed E-state index contributed by atoms with van der Waals surface area (Å²) in [6.07, 6.45) is -0.691. The van der Waals surface area contributed by atoms with Gasteiger partial charge in [0.1, 0.15) is 0 Å². The second kappa shape index (κ2) is 6.69. The molecule has 31 heavy (non-hydrogen) atoms. The fraction of sp³-hybridized carbons (Fsp3) is 0.400. The highest BCUT2D eigenvalue weighted by Gasteiger charge is 2.69. The number of ketones is 4. The molecule has 2 saturated carbocycles. The second-order valence-electron chi connectivity index (χ2n) is 8.04. The summed E-state index contributed by atoms with van der Waals surface area (Å²) in [6.45, 7) is 0. The number of fused-ring (bicyclic) bond motifs is 3. The predicted octanol–water partition coefficient (Wildman–Crippen LogP) is -1.81. The zero-order valence-corrected chi connectivity index (χ0v) is 15.9. The molecule has 1 amide bonds. The molecule has 2 unspecified atom stereocenters. The zero-order chi connectivity index (χ0) is 22.8. The molecule has 1 aromatic carbocycles. The Hall–Kier alpha value is -3.62. The summed E-state index contributed by atoms with van der Waals surface area (Å²) < 4.78 is 0. The Bertz CT molecular complexity index is 1120. The van der Waals surface area contributed by atoms with E-state index in [1.165, 1.54) is 12.1 Å². The van der Waals surface area contributed by atoms with E-state index in [9.17, 15) is 39.3 Å². The maximum atomic E-state index is 13.3. The van der Waals surface area contributed by atoms with E-state index in [0.717, 1.165) is 0 Å². The fourth-order valence-corrected chi connectivity index (χ4v) is 5.12. The second-order valence-corrected chi connectivity index (χ2v) is 8.04. The third-order valence-corrected chi connectivity index (χ3v) is 6.58. The van der Waals surface area contributed by atoms with Crippen LogP contribution in [0.15, 0.2) is 12.1 Å². The van der Waals surface area contributed by atoms with Gasteiger partial charge in [-0.25, -0.2) is 0 Å². The quantitative estimate of drug-likeness (QED) is 0.155. The van der Waals surface area contributed by atoms with E-state index in [0.29, 0.717) is 5.56 Å². The van der Waals surface area contributed by atoms with Crippen LogP contribution in [0.1, 0.15) is 22.3 Å². The summed E-state index contributed by atoms with van der Waals surface area (Å²) >= 11 is 0. The molecule has 1 aromatic rings. The van der Waals surface area contributed by atoms with Crippen molar-refractivity contribution in [3.8, 4) is 11.9 Å². The molecule has 2 fully saturated rings. The average molecular weight is 427 g/mol. The van der Waals surface area contributed by atoms with E-state index >= 15 is 0 Å². The molecule has 0 saturated heterocycles. The third kappa shape index (κ3) is 2.55. The van der Waals surface area contributed by atoms with Crippen molar-refractivity contribution in [1.29, 1.82) is 5.26 Å². The zero-order valence-electron chi connectivity index (χ0n) is 15.9. The molecule has 11 nitrogen and oxygen atoms in total. The lowest BCUT2D eigenvalue weighted by Crippen LogP contribution is -2.72. The molecular formula is C20H17N3O8. The van der Waals surface area contributed by atoms with Gasteiger partial charge in [-0.2, -0.15) is 5.26 Å². The summed E-state index contributed by atoms with van der Waals surface area (Å²) in [5.74, 6) is -12.8. The van der Waals surface area contributed by atoms with Gasteiger partial charge < -0.3 is 21.1 Å². The number of amides is 1. The van der Waals surface area contributed by atoms with E-state index in [1.807, 2.05) is 0 Å². The van der Waals surface area contributed by atoms with Crippen LogP contribution in [0.3, 0.4) is 0 Å². The number of hydrogen-bond donors (Lipinski definition) is 5. The lowest BCUT2D eigenvalue weighted by Gasteiger charge is -2.51. The van der Waals surface area contributed by atoms with Gasteiger partial charge in [-0.3, -0.25) is 29.3 Å². The lowest BCUT2D eigenvalue weighted by atomic mass is 9.52. The maximum absolute atomic E-state index is 13.3. The van der Waals surface area contributed by atoms with Gasteiger partial charge in [-0.15, -0.1) is 0 Å². The van der Waals surface area contributed by atoms with Crippen LogP contribution in [-0.2, 0) is 25.6 Å². The van der Waals surface area contributed by atoms with Crippen molar-refractivity contribution in [2.45, 2.75) is 24.5 Å². The molecule has 0 heterocycles. The number of phenols is 1. The van der Waals surface area contributed by atoms with E-state index < -0.39 is 76.6 Å². The van der Waals surface area contributed by atoms with Crippen molar-refractivity contribution in [3.63, 3.8) is 0 Å². The minimum Gasteiger partial charge on any atom is -0.505 e. The summed E-state index contributed by atoms with van der Waals surface area (Å²) in [6, 6.07) is 2.80. The number of aliphatic hydroxyl groups excluding tert-OH is 1. The van der Waals surface area contributed by atoms with Crippen LogP contribution in [-0.4, -0.2) is 56.1 Å². The van der Waals surface area contributed by atoms with Gasteiger partial charge in [-0.05, 0) is 18.1 Å². The normalized spacial score (nSPS) is 34.3. The van der Waals surface area contributed by atoms with E-state index in [2.05, 4.69) is 5.32 Å². The topological polar surface area (TPSA) is 208 Å². The number of nitrogens with two attached hydrogens (primary N) is 1. The molecule has 0 radical (unpaired) electrons. The van der Waals surface area contributed by atoms with Crippen molar-refractivity contribution >= 4 is 34.7 Å². The number of anilines is 1. The molecule has 3 aliphatic carbocycles. The molecule has 0 aromatic heterocycles. The van der Waals surface area contributed by atoms with E-state index in [-0.39, 0.29) is 17.7 Å². The number of Topliss-reactive ketones (excluding diaryl/α,β-unsaturated/α-hetero) is 4. The van der Waals surface area contributed by atoms with Gasteiger partial charge in [0.25, 0.3) is 0 Å². The molecule has 6 atom stereocenters. The smallest absolute Gasteiger partial charge is 0.235 e. The largest absolute Gasteiger partial charge is 0.505 e. The SMILES string of the molecule is N#CNc1ccc2c(c1O)C(=O)C1C(=O)[C@]3(O)C(=O)C(C(N)=O)C(=O)C[C@@H]3[C@@H](O)[C@@H]1C2. The number of phenolic OH excluding ortho intramolecular Hbond substituents is 1. The fourth-order valence-electron chi connectivity index (χ4n) is 5.12. The number of aromatic hydroxyl groups is 1. The van der Waals surface area contributed by atoms with Crippen LogP contribution in [0.2, 0.25) is 0 Å². The van der Waals surface area contributed by atoms with Gasteiger partial charge in [-0.1, -0.05) is 6.07 Å². The third-order valence-electron chi connectivity index (χ3n) is 6.58. The standard InChI is InChI=1S/C20H17N3O8/c21-5-23-9-2-1-6-3-7-12(16(27)11(6)15(9)26)17(28)20(31)8(14(7)25)4-10(24)13(18(20)29)19(22)30/h1-2,7-8,12-14,23,25-26,31H,3-4H2,(H2,22,30)/t7-,8-,12?,13?,14+,20+/m1/s1.